The van der Waals surface area contributed by atoms with Gasteiger partial charge in [0.05, 0.1) is 20.3 Å². The van der Waals surface area contributed by atoms with Gasteiger partial charge in [-0.3, -0.25) is 9.89 Å². The number of aryl methyl sites for hydroxylation is 1. The summed E-state index contributed by atoms with van der Waals surface area (Å²) in [6.45, 7) is -0.186. The number of halogens is 3. The van der Waals surface area contributed by atoms with Crippen LogP contribution in [0.4, 0.5) is 13.2 Å². The molecule has 8 nitrogen and oxygen atoms in total. The Balaban J connectivity index is 1.62. The molecule has 2 aromatic rings. The summed E-state index contributed by atoms with van der Waals surface area (Å²) in [6.07, 6.45) is -2.44. The Bertz CT molecular complexity index is 814. The van der Waals surface area contributed by atoms with Gasteiger partial charge in [0.25, 0.3) is 0 Å². The van der Waals surface area contributed by atoms with Gasteiger partial charge in [-0.25, -0.2) is 4.98 Å². The van der Waals surface area contributed by atoms with Gasteiger partial charge >= 0.3 is 6.18 Å². The molecular weight excluding hydrogens is 393 g/mol. The summed E-state index contributed by atoms with van der Waals surface area (Å²) < 4.78 is 52.4. The Hall–Kier alpha value is -2.82. The maximum Gasteiger partial charge on any atom is 0.422 e. The lowest BCUT2D eigenvalue weighted by molar-refractivity contribution is -0.153. The molecule has 2 heterocycles. The summed E-state index contributed by atoms with van der Waals surface area (Å²) in [4.78, 5) is 18.5. The molecule has 1 aromatic heterocycles. The second kappa shape index (κ2) is 9.12. The van der Waals surface area contributed by atoms with Crippen LogP contribution in [0, 0.1) is 0 Å². The minimum atomic E-state index is -4.44. The Morgan fingerprint density at radius 2 is 2.21 bits per heavy atom. The van der Waals surface area contributed by atoms with Crippen LogP contribution in [-0.2, 0) is 16.0 Å². The number of amides is 1. The number of rotatable bonds is 7. The fourth-order valence-electron chi connectivity index (χ4n) is 3.05. The zero-order valence-corrected chi connectivity index (χ0v) is 15.7. The molecule has 1 unspecified atom stereocenters. The van der Waals surface area contributed by atoms with Crippen molar-refractivity contribution in [1.82, 2.24) is 20.1 Å². The maximum atomic E-state index is 12.7. The second-order valence-electron chi connectivity index (χ2n) is 6.44. The SMILES string of the molecule is COc1cc(CCC(=O)N2CCOCC2c2ncn[nH]2)ccc1OCC(F)(F)F. The van der Waals surface area contributed by atoms with Gasteiger partial charge in [-0.15, -0.1) is 0 Å². The first-order chi connectivity index (χ1) is 13.9. The van der Waals surface area contributed by atoms with Gasteiger partial charge in [-0.1, -0.05) is 6.07 Å². The summed E-state index contributed by atoms with van der Waals surface area (Å²) in [7, 11) is 1.35. The highest BCUT2D eigenvalue weighted by molar-refractivity contribution is 5.77. The molecule has 0 radical (unpaired) electrons. The Labute approximate surface area is 165 Å². The van der Waals surface area contributed by atoms with Crippen LogP contribution < -0.4 is 9.47 Å². The van der Waals surface area contributed by atoms with Crippen molar-refractivity contribution in [3.05, 3.63) is 35.9 Å². The second-order valence-corrected chi connectivity index (χ2v) is 6.44. The number of ether oxygens (including phenoxy) is 3. The van der Waals surface area contributed by atoms with Crippen molar-refractivity contribution in [3.63, 3.8) is 0 Å². The standard InChI is InChI=1S/C18H21F3N4O4/c1-27-15-8-12(2-4-14(15)29-10-18(19,20)21)3-5-16(26)25-6-7-28-9-13(25)17-22-11-23-24-17/h2,4,8,11,13H,3,5-7,9-10H2,1H3,(H,22,23,24). The summed E-state index contributed by atoms with van der Waals surface area (Å²) in [5.74, 6) is 0.667. The van der Waals surface area contributed by atoms with Crippen molar-refractivity contribution in [3.8, 4) is 11.5 Å². The molecular formula is C18H21F3N4O4. The Kier molecular flexibility index (Phi) is 6.57. The number of aromatic nitrogens is 3. The highest BCUT2D eigenvalue weighted by Crippen LogP contribution is 2.30. The first-order valence-electron chi connectivity index (χ1n) is 8.96. The first-order valence-corrected chi connectivity index (χ1v) is 8.96. The predicted molar refractivity (Wildman–Crippen MR) is 94.5 cm³/mol. The molecule has 0 aliphatic carbocycles. The summed E-state index contributed by atoms with van der Waals surface area (Å²) in [5, 5.41) is 6.58. The molecule has 1 fully saturated rings. The van der Waals surface area contributed by atoms with Crippen LogP contribution in [-0.4, -0.2) is 65.6 Å². The van der Waals surface area contributed by atoms with E-state index < -0.39 is 12.8 Å². The zero-order chi connectivity index (χ0) is 20.9. The van der Waals surface area contributed by atoms with Crippen molar-refractivity contribution in [2.45, 2.75) is 25.1 Å². The van der Waals surface area contributed by atoms with Crippen LogP contribution in [0.25, 0.3) is 0 Å². The van der Waals surface area contributed by atoms with Gasteiger partial charge in [-0.05, 0) is 24.1 Å². The van der Waals surface area contributed by atoms with Gasteiger partial charge in [0, 0.05) is 13.0 Å². The van der Waals surface area contributed by atoms with Crippen LogP contribution in [0.5, 0.6) is 11.5 Å². The smallest absolute Gasteiger partial charge is 0.422 e. The average molecular weight is 414 g/mol. The first kappa shape index (κ1) is 20.9. The molecule has 0 saturated carbocycles. The monoisotopic (exact) mass is 414 g/mol. The number of carbonyl (C=O) groups excluding carboxylic acids is 1. The van der Waals surface area contributed by atoms with Crippen LogP contribution in [0.15, 0.2) is 24.5 Å². The molecule has 1 amide bonds. The van der Waals surface area contributed by atoms with Crippen LogP contribution >= 0.6 is 0 Å². The van der Waals surface area contributed by atoms with E-state index in [0.29, 0.717) is 32.0 Å². The van der Waals surface area contributed by atoms with Crippen LogP contribution in [0.1, 0.15) is 23.9 Å². The quantitative estimate of drug-likeness (QED) is 0.748. The molecule has 1 atom stereocenters. The van der Waals surface area contributed by atoms with Crippen molar-refractivity contribution in [2.24, 2.45) is 0 Å². The molecule has 11 heteroatoms. The van der Waals surface area contributed by atoms with E-state index in [-0.39, 0.29) is 29.9 Å². The number of nitrogens with one attached hydrogen (secondary N) is 1. The number of H-pyrrole nitrogens is 1. The molecule has 1 aliphatic heterocycles. The minimum Gasteiger partial charge on any atom is -0.493 e. The molecule has 1 aromatic carbocycles. The molecule has 0 spiro atoms. The number of methoxy groups -OCH3 is 1. The molecule has 1 saturated heterocycles. The zero-order valence-electron chi connectivity index (χ0n) is 15.7. The predicted octanol–water partition coefficient (Wildman–Crippen LogP) is 2.29. The Morgan fingerprint density at radius 3 is 2.90 bits per heavy atom. The van der Waals surface area contributed by atoms with Crippen molar-refractivity contribution in [1.29, 1.82) is 0 Å². The topological polar surface area (TPSA) is 89.6 Å². The minimum absolute atomic E-state index is 0.00142. The van der Waals surface area contributed by atoms with E-state index in [1.807, 2.05) is 0 Å². The van der Waals surface area contributed by atoms with Gasteiger partial charge in [0.15, 0.2) is 18.1 Å². The van der Waals surface area contributed by atoms with E-state index in [4.69, 9.17) is 14.2 Å². The lowest BCUT2D eigenvalue weighted by Crippen LogP contribution is -2.44. The third-order valence-corrected chi connectivity index (χ3v) is 4.45. The number of aromatic amines is 1. The molecule has 1 aliphatic rings. The summed E-state index contributed by atoms with van der Waals surface area (Å²) >= 11 is 0. The number of hydrogen-bond acceptors (Lipinski definition) is 6. The van der Waals surface area contributed by atoms with Crippen molar-refractivity contribution in [2.75, 3.05) is 33.5 Å². The Morgan fingerprint density at radius 1 is 1.38 bits per heavy atom. The van der Waals surface area contributed by atoms with E-state index in [1.165, 1.54) is 19.5 Å². The number of hydrogen-bond donors (Lipinski definition) is 1. The normalized spacial score (nSPS) is 17.2. The maximum absolute atomic E-state index is 12.7. The third-order valence-electron chi connectivity index (χ3n) is 4.45. The summed E-state index contributed by atoms with van der Waals surface area (Å²) in [5.41, 5.74) is 0.749. The van der Waals surface area contributed by atoms with E-state index in [9.17, 15) is 18.0 Å². The third kappa shape index (κ3) is 5.59. The van der Waals surface area contributed by atoms with Crippen molar-refractivity contribution < 1.29 is 32.2 Å². The largest absolute Gasteiger partial charge is 0.493 e. The number of nitrogens with zero attached hydrogens (tertiary/aromatic N) is 3. The van der Waals surface area contributed by atoms with Gasteiger partial charge < -0.3 is 19.1 Å². The molecule has 29 heavy (non-hydrogen) atoms. The summed E-state index contributed by atoms with van der Waals surface area (Å²) in [6, 6.07) is 4.28. The van der Waals surface area contributed by atoms with Gasteiger partial charge in [-0.2, -0.15) is 18.3 Å². The van der Waals surface area contributed by atoms with E-state index in [2.05, 4.69) is 15.2 Å². The average Bonchev–Trinajstić information content (AvgIpc) is 3.24. The molecule has 0 bridgehead atoms. The van der Waals surface area contributed by atoms with Crippen LogP contribution in [0.2, 0.25) is 0 Å². The van der Waals surface area contributed by atoms with Gasteiger partial charge in [0.1, 0.15) is 18.2 Å². The number of alkyl halides is 3. The fraction of sp³-hybridized carbons (Fsp3) is 0.500. The number of morpholine rings is 1. The van der Waals surface area contributed by atoms with Gasteiger partial charge in [0.2, 0.25) is 5.91 Å². The lowest BCUT2D eigenvalue weighted by atomic mass is 10.1. The number of carbonyl (C=O) groups is 1. The van der Waals surface area contributed by atoms with E-state index in [0.717, 1.165) is 5.56 Å². The molecule has 158 valence electrons. The highest BCUT2D eigenvalue weighted by Gasteiger charge is 2.31. The number of benzene rings is 1. The van der Waals surface area contributed by atoms with E-state index in [1.54, 1.807) is 17.0 Å². The molecule has 3 rings (SSSR count). The van der Waals surface area contributed by atoms with Crippen LogP contribution in [0.3, 0.4) is 0 Å². The highest BCUT2D eigenvalue weighted by atomic mass is 19.4. The molecule has 1 N–H and O–H groups in total. The van der Waals surface area contributed by atoms with Crippen molar-refractivity contribution >= 4 is 5.91 Å². The van der Waals surface area contributed by atoms with E-state index >= 15 is 0 Å². The fourth-order valence-corrected chi connectivity index (χ4v) is 3.05. The lowest BCUT2D eigenvalue weighted by Gasteiger charge is -2.34.